The van der Waals surface area contributed by atoms with Gasteiger partial charge in [-0.3, -0.25) is 4.90 Å². The van der Waals surface area contributed by atoms with Crippen molar-refractivity contribution < 1.29 is 5.11 Å². The quantitative estimate of drug-likeness (QED) is 0.814. The predicted octanol–water partition coefficient (Wildman–Crippen LogP) is 3.38. The molecule has 1 N–H and O–H groups in total. The van der Waals surface area contributed by atoms with Gasteiger partial charge in [0.25, 0.3) is 0 Å². The van der Waals surface area contributed by atoms with E-state index in [1.54, 1.807) is 12.1 Å². The van der Waals surface area contributed by atoms with Gasteiger partial charge in [-0.25, -0.2) is 0 Å². The lowest BCUT2D eigenvalue weighted by atomic mass is 10.1. The smallest absolute Gasteiger partial charge is 0.115 e. The third-order valence-electron chi connectivity index (χ3n) is 3.49. The number of phenolic OH excluding ortho intramolecular Hbond substituents is 1. The fourth-order valence-electron chi connectivity index (χ4n) is 2.58. The van der Waals surface area contributed by atoms with Crippen molar-refractivity contribution in [1.29, 1.82) is 0 Å². The van der Waals surface area contributed by atoms with Crippen LogP contribution in [0.2, 0.25) is 0 Å². The van der Waals surface area contributed by atoms with Gasteiger partial charge in [0, 0.05) is 18.5 Å². The van der Waals surface area contributed by atoms with Gasteiger partial charge in [-0.2, -0.15) is 0 Å². The Hall–Kier alpha value is -0.730. The largest absolute Gasteiger partial charge is 0.508 e. The van der Waals surface area contributed by atoms with Crippen LogP contribution in [0.3, 0.4) is 0 Å². The highest BCUT2D eigenvalue weighted by molar-refractivity contribution is 6.17. The third kappa shape index (κ3) is 3.62. The lowest BCUT2D eigenvalue weighted by molar-refractivity contribution is 0.233. The molecule has 0 saturated carbocycles. The van der Waals surface area contributed by atoms with E-state index in [4.69, 9.17) is 11.6 Å². The second-order valence-electron chi connectivity index (χ2n) is 4.76. The molecular weight excluding hydrogens is 234 g/mol. The van der Waals surface area contributed by atoms with E-state index >= 15 is 0 Å². The Kier molecular flexibility index (Phi) is 4.69. The summed E-state index contributed by atoms with van der Waals surface area (Å²) in [6, 6.07) is 8.24. The molecule has 1 aliphatic rings. The van der Waals surface area contributed by atoms with Crippen LogP contribution >= 0.6 is 11.6 Å². The molecule has 1 heterocycles. The maximum Gasteiger partial charge on any atom is 0.115 e. The van der Waals surface area contributed by atoms with E-state index in [1.807, 2.05) is 12.1 Å². The first-order valence-corrected chi connectivity index (χ1v) is 6.91. The molecule has 3 heteroatoms. The first kappa shape index (κ1) is 12.7. The molecule has 1 aromatic rings. The highest BCUT2D eigenvalue weighted by Crippen LogP contribution is 2.24. The Morgan fingerprint density at radius 1 is 1.29 bits per heavy atom. The van der Waals surface area contributed by atoms with Crippen molar-refractivity contribution in [2.45, 2.75) is 38.3 Å². The Morgan fingerprint density at radius 2 is 2.06 bits per heavy atom. The molecule has 2 nitrogen and oxygen atoms in total. The molecule has 0 bridgehead atoms. The SMILES string of the molecule is Oc1ccc(CN2CCCC2CCCCl)cc1. The van der Waals surface area contributed by atoms with E-state index in [1.165, 1.54) is 31.4 Å². The van der Waals surface area contributed by atoms with Gasteiger partial charge in [0.1, 0.15) is 5.75 Å². The van der Waals surface area contributed by atoms with Crippen LogP contribution in [-0.4, -0.2) is 28.5 Å². The van der Waals surface area contributed by atoms with E-state index < -0.39 is 0 Å². The van der Waals surface area contributed by atoms with Crippen LogP contribution in [0.5, 0.6) is 5.75 Å². The number of halogens is 1. The number of phenols is 1. The van der Waals surface area contributed by atoms with Crippen molar-refractivity contribution in [1.82, 2.24) is 4.90 Å². The summed E-state index contributed by atoms with van der Waals surface area (Å²) in [4.78, 5) is 2.54. The molecule has 1 aliphatic heterocycles. The van der Waals surface area contributed by atoms with Gasteiger partial charge < -0.3 is 5.11 Å². The predicted molar refractivity (Wildman–Crippen MR) is 71.5 cm³/mol. The van der Waals surface area contributed by atoms with Crippen LogP contribution in [0.4, 0.5) is 0 Å². The highest BCUT2D eigenvalue weighted by atomic mass is 35.5. The van der Waals surface area contributed by atoms with Crippen molar-refractivity contribution in [2.24, 2.45) is 0 Å². The van der Waals surface area contributed by atoms with Gasteiger partial charge in [0.05, 0.1) is 0 Å². The molecule has 0 aliphatic carbocycles. The minimum absolute atomic E-state index is 0.342. The minimum atomic E-state index is 0.342. The molecule has 2 rings (SSSR count). The van der Waals surface area contributed by atoms with Crippen LogP contribution in [0.25, 0.3) is 0 Å². The van der Waals surface area contributed by atoms with E-state index in [0.29, 0.717) is 11.8 Å². The summed E-state index contributed by atoms with van der Waals surface area (Å²) in [5.74, 6) is 1.11. The fourth-order valence-corrected chi connectivity index (χ4v) is 2.73. The van der Waals surface area contributed by atoms with E-state index in [-0.39, 0.29) is 0 Å². The van der Waals surface area contributed by atoms with Gasteiger partial charge in [-0.15, -0.1) is 11.6 Å². The first-order valence-electron chi connectivity index (χ1n) is 6.37. The molecule has 1 atom stereocenters. The number of aromatic hydroxyl groups is 1. The molecule has 1 unspecified atom stereocenters. The van der Waals surface area contributed by atoms with Gasteiger partial charge in [0.2, 0.25) is 0 Å². The Labute approximate surface area is 108 Å². The number of nitrogens with zero attached hydrogens (tertiary/aromatic N) is 1. The second kappa shape index (κ2) is 6.27. The maximum absolute atomic E-state index is 9.26. The van der Waals surface area contributed by atoms with E-state index in [9.17, 15) is 5.11 Å². The average Bonchev–Trinajstić information content (AvgIpc) is 2.77. The summed E-state index contributed by atoms with van der Waals surface area (Å²) in [6.45, 7) is 2.18. The molecule has 94 valence electrons. The summed E-state index contributed by atoms with van der Waals surface area (Å²) >= 11 is 5.76. The van der Waals surface area contributed by atoms with E-state index in [0.717, 1.165) is 18.8 Å². The van der Waals surface area contributed by atoms with Crippen molar-refractivity contribution >= 4 is 11.6 Å². The monoisotopic (exact) mass is 253 g/mol. The Morgan fingerprint density at radius 3 is 2.76 bits per heavy atom. The van der Waals surface area contributed by atoms with Crippen LogP contribution < -0.4 is 0 Å². The molecule has 0 spiro atoms. The van der Waals surface area contributed by atoms with Crippen molar-refractivity contribution in [2.75, 3.05) is 12.4 Å². The van der Waals surface area contributed by atoms with Crippen LogP contribution in [0.15, 0.2) is 24.3 Å². The number of rotatable bonds is 5. The third-order valence-corrected chi connectivity index (χ3v) is 3.76. The molecule has 1 saturated heterocycles. The van der Waals surface area contributed by atoms with Crippen LogP contribution in [0, 0.1) is 0 Å². The van der Waals surface area contributed by atoms with Crippen molar-refractivity contribution in [3.8, 4) is 5.75 Å². The average molecular weight is 254 g/mol. The summed E-state index contributed by atoms with van der Waals surface area (Å²) in [5, 5.41) is 9.26. The number of benzene rings is 1. The zero-order chi connectivity index (χ0) is 12.1. The molecular formula is C14H20ClNO. The molecule has 0 radical (unpaired) electrons. The lowest BCUT2D eigenvalue weighted by Crippen LogP contribution is -2.28. The highest BCUT2D eigenvalue weighted by Gasteiger charge is 2.23. The summed E-state index contributed by atoms with van der Waals surface area (Å²) in [7, 11) is 0. The number of likely N-dealkylation sites (tertiary alicyclic amines) is 1. The molecule has 1 aromatic carbocycles. The van der Waals surface area contributed by atoms with E-state index in [2.05, 4.69) is 4.90 Å². The van der Waals surface area contributed by atoms with Crippen molar-refractivity contribution in [3.63, 3.8) is 0 Å². The molecule has 1 fully saturated rings. The number of alkyl halides is 1. The van der Waals surface area contributed by atoms with Crippen molar-refractivity contribution in [3.05, 3.63) is 29.8 Å². The van der Waals surface area contributed by atoms with Gasteiger partial charge in [-0.05, 0) is 49.9 Å². The fraction of sp³-hybridized carbons (Fsp3) is 0.571. The van der Waals surface area contributed by atoms with Gasteiger partial charge in [-0.1, -0.05) is 12.1 Å². The summed E-state index contributed by atoms with van der Waals surface area (Å²) in [6.07, 6.45) is 4.92. The molecule has 17 heavy (non-hydrogen) atoms. The molecule has 0 aromatic heterocycles. The van der Waals surface area contributed by atoms with Crippen LogP contribution in [0.1, 0.15) is 31.2 Å². The van der Waals surface area contributed by atoms with Crippen LogP contribution in [-0.2, 0) is 6.54 Å². The molecule has 0 amide bonds. The maximum atomic E-state index is 9.26. The summed E-state index contributed by atoms with van der Waals surface area (Å²) < 4.78 is 0. The minimum Gasteiger partial charge on any atom is -0.508 e. The Balaban J connectivity index is 1.90. The topological polar surface area (TPSA) is 23.5 Å². The standard InChI is InChI=1S/C14H20ClNO/c15-9-1-3-13-4-2-10-16(13)11-12-5-7-14(17)8-6-12/h5-8,13,17H,1-4,9-11H2. The Bertz CT molecular complexity index is 339. The van der Waals surface area contributed by atoms with Gasteiger partial charge in [0.15, 0.2) is 0 Å². The number of hydrogen-bond donors (Lipinski definition) is 1. The second-order valence-corrected chi connectivity index (χ2v) is 5.14. The summed E-state index contributed by atoms with van der Waals surface area (Å²) in [5.41, 5.74) is 1.28. The first-order chi connectivity index (χ1) is 8.29. The number of hydrogen-bond acceptors (Lipinski definition) is 2. The normalized spacial score (nSPS) is 20.9. The zero-order valence-electron chi connectivity index (χ0n) is 10.1. The lowest BCUT2D eigenvalue weighted by Gasteiger charge is -2.24. The zero-order valence-corrected chi connectivity index (χ0v) is 10.9. The van der Waals surface area contributed by atoms with Gasteiger partial charge >= 0.3 is 0 Å².